The minimum atomic E-state index is 0.373. The molecule has 0 bridgehead atoms. The van der Waals surface area contributed by atoms with E-state index >= 15 is 0 Å². The van der Waals surface area contributed by atoms with E-state index in [1.165, 1.54) is 0 Å². The molecule has 0 saturated heterocycles. The zero-order valence-corrected chi connectivity index (χ0v) is 11.4. The smallest absolute Gasteiger partial charge is 0.136 e. The second-order valence-electron chi connectivity index (χ2n) is 4.43. The highest BCUT2D eigenvalue weighted by molar-refractivity contribution is 9.10. The summed E-state index contributed by atoms with van der Waals surface area (Å²) in [6.07, 6.45) is 4.59. The number of carbonyl (C=O) groups excluding carboxylic acids is 1. The van der Waals surface area contributed by atoms with Gasteiger partial charge in [0.1, 0.15) is 5.78 Å². The first-order chi connectivity index (χ1) is 7.63. The standard InChI is InChI=1S/C12H17BrN2O/c1-3-9-12(13)10(15(2)14-9)6-7-11(16)8-4-5-8/h8H,3-7H2,1-2H3. The molecule has 0 amide bonds. The van der Waals surface area contributed by atoms with Crippen LogP contribution in [0.4, 0.5) is 0 Å². The van der Waals surface area contributed by atoms with E-state index in [2.05, 4.69) is 28.0 Å². The van der Waals surface area contributed by atoms with Gasteiger partial charge in [-0.15, -0.1) is 0 Å². The number of hydrogen-bond donors (Lipinski definition) is 0. The lowest BCUT2D eigenvalue weighted by atomic mass is 10.1. The minimum Gasteiger partial charge on any atom is -0.299 e. The first kappa shape index (κ1) is 11.8. The van der Waals surface area contributed by atoms with Gasteiger partial charge >= 0.3 is 0 Å². The zero-order valence-electron chi connectivity index (χ0n) is 9.79. The number of nitrogens with zero attached hydrogens (tertiary/aromatic N) is 2. The van der Waals surface area contributed by atoms with Gasteiger partial charge in [0.05, 0.1) is 15.9 Å². The highest BCUT2D eigenvalue weighted by Gasteiger charge is 2.29. The summed E-state index contributed by atoms with van der Waals surface area (Å²) >= 11 is 3.57. The third-order valence-corrected chi connectivity index (χ3v) is 4.06. The van der Waals surface area contributed by atoms with Crippen molar-refractivity contribution in [2.24, 2.45) is 13.0 Å². The van der Waals surface area contributed by atoms with E-state index < -0.39 is 0 Å². The maximum absolute atomic E-state index is 11.6. The molecule has 3 nitrogen and oxygen atoms in total. The highest BCUT2D eigenvalue weighted by atomic mass is 79.9. The Labute approximate surface area is 104 Å². The molecule has 0 atom stereocenters. The Morgan fingerprint density at radius 3 is 2.75 bits per heavy atom. The summed E-state index contributed by atoms with van der Waals surface area (Å²) in [7, 11) is 1.95. The summed E-state index contributed by atoms with van der Waals surface area (Å²) in [6.45, 7) is 2.09. The van der Waals surface area contributed by atoms with Gasteiger partial charge in [-0.1, -0.05) is 6.92 Å². The molecule has 1 aliphatic carbocycles. The van der Waals surface area contributed by atoms with Gasteiger partial charge in [-0.3, -0.25) is 9.48 Å². The predicted molar refractivity (Wildman–Crippen MR) is 66.3 cm³/mol. The normalized spacial score (nSPS) is 15.4. The van der Waals surface area contributed by atoms with Crippen molar-refractivity contribution in [1.29, 1.82) is 0 Å². The molecule has 0 N–H and O–H groups in total. The molecule has 1 saturated carbocycles. The molecule has 1 aromatic heterocycles. The molecule has 16 heavy (non-hydrogen) atoms. The van der Waals surface area contributed by atoms with E-state index in [0.717, 1.165) is 41.5 Å². The molecular formula is C12H17BrN2O. The fraction of sp³-hybridized carbons (Fsp3) is 0.667. The molecule has 0 spiro atoms. The Morgan fingerprint density at radius 2 is 2.25 bits per heavy atom. The van der Waals surface area contributed by atoms with Crippen molar-refractivity contribution in [3.63, 3.8) is 0 Å². The van der Waals surface area contributed by atoms with Gasteiger partial charge in [-0.2, -0.15) is 5.10 Å². The maximum atomic E-state index is 11.6. The van der Waals surface area contributed by atoms with Gasteiger partial charge in [-0.05, 0) is 41.6 Å². The molecule has 88 valence electrons. The molecule has 0 radical (unpaired) electrons. The van der Waals surface area contributed by atoms with Gasteiger partial charge in [0, 0.05) is 19.4 Å². The summed E-state index contributed by atoms with van der Waals surface area (Å²) in [4.78, 5) is 11.6. The Bertz CT molecular complexity index is 407. The van der Waals surface area contributed by atoms with Crippen molar-refractivity contribution in [2.45, 2.75) is 39.0 Å². The lowest BCUT2D eigenvalue weighted by Crippen LogP contribution is -2.05. The number of rotatable bonds is 5. The van der Waals surface area contributed by atoms with Crippen LogP contribution in [0.5, 0.6) is 0 Å². The summed E-state index contributed by atoms with van der Waals surface area (Å²) in [5, 5.41) is 4.43. The van der Waals surface area contributed by atoms with Crippen LogP contribution >= 0.6 is 15.9 Å². The van der Waals surface area contributed by atoms with Crippen LogP contribution in [0.3, 0.4) is 0 Å². The largest absolute Gasteiger partial charge is 0.299 e. The SMILES string of the molecule is CCc1nn(C)c(CCC(=O)C2CC2)c1Br. The van der Waals surface area contributed by atoms with Crippen LogP contribution < -0.4 is 0 Å². The van der Waals surface area contributed by atoms with Crippen molar-refractivity contribution < 1.29 is 4.79 Å². The second-order valence-corrected chi connectivity index (χ2v) is 5.22. The van der Waals surface area contributed by atoms with Gasteiger partial charge < -0.3 is 0 Å². The van der Waals surface area contributed by atoms with E-state index in [1.54, 1.807) is 0 Å². The molecule has 1 aromatic rings. The highest BCUT2D eigenvalue weighted by Crippen LogP contribution is 2.32. The summed E-state index contributed by atoms with van der Waals surface area (Å²) in [6, 6.07) is 0. The average molecular weight is 285 g/mol. The van der Waals surface area contributed by atoms with E-state index in [-0.39, 0.29) is 0 Å². The lowest BCUT2D eigenvalue weighted by Gasteiger charge is -2.01. The quantitative estimate of drug-likeness (QED) is 0.833. The van der Waals surface area contributed by atoms with Crippen LogP contribution in [0, 0.1) is 5.92 Å². The number of Topliss-reactive ketones (excluding diaryl/α,β-unsaturated/α-hetero) is 1. The zero-order chi connectivity index (χ0) is 11.7. The van der Waals surface area contributed by atoms with Crippen LogP contribution in [0.15, 0.2) is 4.47 Å². The van der Waals surface area contributed by atoms with Crippen LogP contribution in [-0.4, -0.2) is 15.6 Å². The number of hydrogen-bond acceptors (Lipinski definition) is 2. The third-order valence-electron chi connectivity index (χ3n) is 3.14. The van der Waals surface area contributed by atoms with Crippen LogP contribution in [-0.2, 0) is 24.7 Å². The van der Waals surface area contributed by atoms with E-state index in [1.807, 2.05) is 11.7 Å². The van der Waals surface area contributed by atoms with Crippen LogP contribution in [0.2, 0.25) is 0 Å². The predicted octanol–water partition coefficient (Wildman–Crippen LogP) is 2.66. The Hall–Kier alpha value is -0.640. The Morgan fingerprint density at radius 1 is 1.56 bits per heavy atom. The number of ketones is 1. The molecule has 1 aliphatic rings. The van der Waals surface area contributed by atoms with Gasteiger partial charge in [-0.25, -0.2) is 0 Å². The fourth-order valence-electron chi connectivity index (χ4n) is 1.94. The van der Waals surface area contributed by atoms with Crippen LogP contribution in [0.1, 0.15) is 37.6 Å². The van der Waals surface area contributed by atoms with Crippen LogP contribution in [0.25, 0.3) is 0 Å². The van der Waals surface area contributed by atoms with Gasteiger partial charge in [0.2, 0.25) is 0 Å². The second kappa shape index (κ2) is 4.70. The summed E-state index contributed by atoms with van der Waals surface area (Å²) < 4.78 is 2.98. The molecule has 0 aromatic carbocycles. The maximum Gasteiger partial charge on any atom is 0.136 e. The summed E-state index contributed by atoms with van der Waals surface area (Å²) in [5.41, 5.74) is 2.22. The Balaban J connectivity index is 2.02. The first-order valence-electron chi connectivity index (χ1n) is 5.86. The van der Waals surface area contributed by atoms with Crippen molar-refractivity contribution in [3.8, 4) is 0 Å². The van der Waals surface area contributed by atoms with Gasteiger partial charge in [0.25, 0.3) is 0 Å². The molecule has 0 unspecified atom stereocenters. The van der Waals surface area contributed by atoms with Crippen molar-refractivity contribution in [2.75, 3.05) is 0 Å². The molecule has 0 aliphatic heterocycles. The third kappa shape index (κ3) is 2.37. The fourth-order valence-corrected chi connectivity index (χ4v) is 2.76. The van der Waals surface area contributed by atoms with Crippen molar-refractivity contribution in [3.05, 3.63) is 15.9 Å². The lowest BCUT2D eigenvalue weighted by molar-refractivity contribution is -0.120. The van der Waals surface area contributed by atoms with E-state index in [9.17, 15) is 4.79 Å². The van der Waals surface area contributed by atoms with Crippen molar-refractivity contribution >= 4 is 21.7 Å². The molecule has 1 fully saturated rings. The average Bonchev–Trinajstić information content (AvgIpc) is 3.05. The van der Waals surface area contributed by atoms with E-state index in [0.29, 0.717) is 18.1 Å². The molecule has 4 heteroatoms. The number of aromatic nitrogens is 2. The molecular weight excluding hydrogens is 268 g/mol. The number of halogens is 1. The number of aryl methyl sites for hydroxylation is 2. The molecule has 2 rings (SSSR count). The first-order valence-corrected chi connectivity index (χ1v) is 6.65. The Kier molecular flexibility index (Phi) is 3.47. The topological polar surface area (TPSA) is 34.9 Å². The van der Waals surface area contributed by atoms with Crippen molar-refractivity contribution in [1.82, 2.24) is 9.78 Å². The van der Waals surface area contributed by atoms with Gasteiger partial charge in [0.15, 0.2) is 0 Å². The molecule has 1 heterocycles. The number of carbonyl (C=O) groups is 1. The minimum absolute atomic E-state index is 0.373. The summed E-state index contributed by atoms with van der Waals surface area (Å²) in [5.74, 6) is 0.795. The van der Waals surface area contributed by atoms with E-state index in [4.69, 9.17) is 0 Å². The monoisotopic (exact) mass is 284 g/mol.